The third-order valence-corrected chi connectivity index (χ3v) is 4.60. The molecule has 134 valence electrons. The highest BCUT2D eigenvalue weighted by atomic mass is 16.7. The minimum atomic E-state index is -0.619. The molecule has 0 heterocycles. The largest absolute Gasteiger partial charge is 0.457 e. The normalized spacial score (nSPS) is 19.7. The molecule has 2 atom stereocenters. The smallest absolute Gasteiger partial charge is 0.163 e. The van der Waals surface area contributed by atoms with Gasteiger partial charge in [-0.25, -0.2) is 0 Å². The zero-order chi connectivity index (χ0) is 17.6. The van der Waals surface area contributed by atoms with Gasteiger partial charge in [0.15, 0.2) is 6.29 Å². The summed E-state index contributed by atoms with van der Waals surface area (Å²) in [5.74, 6) is 1.54. The molecule has 0 amide bonds. The molecule has 1 aliphatic rings. The third kappa shape index (κ3) is 4.03. The van der Waals surface area contributed by atoms with Crippen molar-refractivity contribution in [2.45, 2.75) is 39.1 Å². The molecule has 0 radical (unpaired) electrons. The van der Waals surface area contributed by atoms with Crippen molar-refractivity contribution in [2.75, 3.05) is 13.2 Å². The van der Waals surface area contributed by atoms with E-state index >= 15 is 0 Å². The van der Waals surface area contributed by atoms with Gasteiger partial charge in [-0.1, -0.05) is 30.3 Å². The van der Waals surface area contributed by atoms with Crippen LogP contribution in [0.4, 0.5) is 0 Å². The van der Waals surface area contributed by atoms with Gasteiger partial charge in [0.2, 0.25) is 0 Å². The van der Waals surface area contributed by atoms with Crippen molar-refractivity contribution in [3.63, 3.8) is 0 Å². The van der Waals surface area contributed by atoms with Crippen molar-refractivity contribution in [2.24, 2.45) is 5.92 Å². The molecule has 0 fully saturated rings. The average molecular weight is 342 g/mol. The first kappa shape index (κ1) is 17.9. The average Bonchev–Trinajstić information content (AvgIpc) is 2.63. The number of fused-ring (bicyclic) bond motifs is 1. The predicted octanol–water partition coefficient (Wildman–Crippen LogP) is 4.47. The highest BCUT2D eigenvalue weighted by Crippen LogP contribution is 2.42. The van der Waals surface area contributed by atoms with Crippen LogP contribution in [0.5, 0.6) is 11.5 Å². The van der Waals surface area contributed by atoms with Gasteiger partial charge in [-0.05, 0) is 50.5 Å². The summed E-state index contributed by atoms with van der Waals surface area (Å²) in [4.78, 5) is 0. The lowest BCUT2D eigenvalue weighted by Crippen LogP contribution is -2.35. The fraction of sp³-hybridized carbons (Fsp3) is 0.429. The van der Waals surface area contributed by atoms with Gasteiger partial charge >= 0.3 is 0 Å². The van der Waals surface area contributed by atoms with E-state index in [0.717, 1.165) is 35.5 Å². The summed E-state index contributed by atoms with van der Waals surface area (Å²) in [5.41, 5.74) is 1.98. The van der Waals surface area contributed by atoms with E-state index in [9.17, 15) is 5.11 Å². The molecule has 2 unspecified atom stereocenters. The summed E-state index contributed by atoms with van der Waals surface area (Å²) in [7, 11) is 0. The van der Waals surface area contributed by atoms with Gasteiger partial charge in [0.05, 0.1) is 6.10 Å². The van der Waals surface area contributed by atoms with E-state index in [4.69, 9.17) is 14.2 Å². The molecule has 0 saturated carbocycles. The third-order valence-electron chi connectivity index (χ3n) is 4.60. The monoisotopic (exact) mass is 342 g/mol. The van der Waals surface area contributed by atoms with E-state index in [-0.39, 0.29) is 12.2 Å². The molecule has 1 N–H and O–H groups in total. The summed E-state index contributed by atoms with van der Waals surface area (Å²) in [6.07, 6.45) is 0.632. The van der Waals surface area contributed by atoms with E-state index in [1.54, 1.807) is 0 Å². The van der Waals surface area contributed by atoms with Crippen LogP contribution >= 0.6 is 0 Å². The van der Waals surface area contributed by atoms with Gasteiger partial charge in [0.1, 0.15) is 11.5 Å². The number of hydrogen-bond donors (Lipinski definition) is 1. The van der Waals surface area contributed by atoms with Crippen molar-refractivity contribution < 1.29 is 19.3 Å². The molecule has 0 bridgehead atoms. The van der Waals surface area contributed by atoms with Crippen LogP contribution < -0.4 is 4.74 Å². The lowest BCUT2D eigenvalue weighted by molar-refractivity contribution is -0.190. The second kappa shape index (κ2) is 8.48. The second-order valence-electron chi connectivity index (χ2n) is 6.17. The van der Waals surface area contributed by atoms with E-state index in [1.165, 1.54) is 0 Å². The zero-order valence-corrected chi connectivity index (χ0v) is 14.9. The van der Waals surface area contributed by atoms with Crippen LogP contribution in [0, 0.1) is 5.92 Å². The van der Waals surface area contributed by atoms with Crippen LogP contribution in [0.2, 0.25) is 0 Å². The van der Waals surface area contributed by atoms with Crippen molar-refractivity contribution >= 4 is 0 Å². The zero-order valence-electron chi connectivity index (χ0n) is 14.9. The first-order chi connectivity index (χ1) is 12.2. The van der Waals surface area contributed by atoms with E-state index in [0.29, 0.717) is 13.2 Å². The highest BCUT2D eigenvalue weighted by molar-refractivity contribution is 5.45. The Bertz CT molecular complexity index is 665. The molecular weight excluding hydrogens is 316 g/mol. The van der Waals surface area contributed by atoms with Gasteiger partial charge in [-0.2, -0.15) is 0 Å². The Morgan fingerprint density at radius 1 is 1.00 bits per heavy atom. The maximum Gasteiger partial charge on any atom is 0.163 e. The number of ether oxygens (including phenoxy) is 3. The van der Waals surface area contributed by atoms with Crippen molar-refractivity contribution in [3.05, 3.63) is 59.7 Å². The summed E-state index contributed by atoms with van der Waals surface area (Å²) in [6.45, 7) is 5.03. The molecule has 0 aliphatic heterocycles. The molecule has 3 rings (SSSR count). The number of benzene rings is 2. The lowest BCUT2D eigenvalue weighted by Gasteiger charge is -2.35. The molecule has 0 spiro atoms. The van der Waals surface area contributed by atoms with E-state index < -0.39 is 6.10 Å². The molecule has 2 aromatic carbocycles. The molecule has 0 saturated heterocycles. The van der Waals surface area contributed by atoms with Crippen molar-refractivity contribution in [1.82, 2.24) is 0 Å². The van der Waals surface area contributed by atoms with Gasteiger partial charge in [-0.15, -0.1) is 0 Å². The summed E-state index contributed by atoms with van der Waals surface area (Å²) < 4.78 is 17.5. The SMILES string of the molecule is CCOC(OCC)C1CCc2c(Oc3ccccc3)cccc2C1O. The molecule has 4 heteroatoms. The molecule has 25 heavy (non-hydrogen) atoms. The van der Waals surface area contributed by atoms with Crippen LogP contribution in [0.3, 0.4) is 0 Å². The Kier molecular flexibility index (Phi) is 6.08. The fourth-order valence-corrected chi connectivity index (χ4v) is 3.45. The minimum Gasteiger partial charge on any atom is -0.457 e. The second-order valence-corrected chi connectivity index (χ2v) is 6.17. The number of aliphatic hydroxyl groups is 1. The van der Waals surface area contributed by atoms with Crippen LogP contribution in [0.15, 0.2) is 48.5 Å². The first-order valence-corrected chi connectivity index (χ1v) is 9.00. The number of para-hydroxylation sites is 1. The van der Waals surface area contributed by atoms with Crippen LogP contribution in [-0.2, 0) is 15.9 Å². The van der Waals surface area contributed by atoms with Gasteiger partial charge in [0, 0.05) is 24.7 Å². The predicted molar refractivity (Wildman–Crippen MR) is 96.8 cm³/mol. The molecule has 4 nitrogen and oxygen atoms in total. The van der Waals surface area contributed by atoms with Gasteiger partial charge in [0.25, 0.3) is 0 Å². The van der Waals surface area contributed by atoms with E-state index in [2.05, 4.69) is 0 Å². The Morgan fingerprint density at radius 3 is 2.40 bits per heavy atom. The van der Waals surface area contributed by atoms with Crippen molar-refractivity contribution in [3.8, 4) is 11.5 Å². The lowest BCUT2D eigenvalue weighted by atomic mass is 9.80. The molecular formula is C21H26O4. The van der Waals surface area contributed by atoms with Gasteiger partial charge < -0.3 is 19.3 Å². The molecule has 1 aliphatic carbocycles. The molecule has 0 aromatic heterocycles. The van der Waals surface area contributed by atoms with Crippen molar-refractivity contribution in [1.29, 1.82) is 0 Å². The Balaban J connectivity index is 1.84. The Labute approximate surface area is 149 Å². The summed E-state index contributed by atoms with van der Waals surface area (Å²) in [6, 6.07) is 15.6. The van der Waals surface area contributed by atoms with E-state index in [1.807, 2.05) is 62.4 Å². The topological polar surface area (TPSA) is 47.9 Å². The number of aliphatic hydroxyl groups excluding tert-OH is 1. The van der Waals surface area contributed by atoms with Crippen LogP contribution in [-0.4, -0.2) is 24.6 Å². The quantitative estimate of drug-likeness (QED) is 0.754. The number of hydrogen-bond acceptors (Lipinski definition) is 4. The van der Waals surface area contributed by atoms with Crippen LogP contribution in [0.1, 0.15) is 37.5 Å². The molecule has 2 aromatic rings. The Hall–Kier alpha value is -1.88. The maximum absolute atomic E-state index is 10.9. The van der Waals surface area contributed by atoms with Crippen LogP contribution in [0.25, 0.3) is 0 Å². The van der Waals surface area contributed by atoms with Gasteiger partial charge in [-0.3, -0.25) is 0 Å². The first-order valence-electron chi connectivity index (χ1n) is 9.00. The maximum atomic E-state index is 10.9. The summed E-state index contributed by atoms with van der Waals surface area (Å²) in [5, 5.41) is 10.9. The summed E-state index contributed by atoms with van der Waals surface area (Å²) >= 11 is 0. The highest BCUT2D eigenvalue weighted by Gasteiger charge is 2.36. The minimum absolute atomic E-state index is 0.0700. The standard InChI is InChI=1S/C21H26O4/c1-3-23-21(24-4-2)18-14-13-16-17(20(18)22)11-8-12-19(16)25-15-9-6-5-7-10-15/h5-12,18,20-22H,3-4,13-14H2,1-2H3. The Morgan fingerprint density at radius 2 is 1.72 bits per heavy atom. The number of rotatable bonds is 7. The fourth-order valence-electron chi connectivity index (χ4n) is 3.45.